The number of carboxylic acid groups (broad SMARTS) is 1. The zero-order valence-electron chi connectivity index (χ0n) is 12.1. The van der Waals surface area contributed by atoms with E-state index in [0.29, 0.717) is 37.2 Å². The third kappa shape index (κ3) is 2.69. The molecule has 0 saturated carbocycles. The number of phenols is 1. The molecular weight excluding hydrogens is 304 g/mol. The van der Waals surface area contributed by atoms with Crippen LogP contribution in [0.1, 0.15) is 21.7 Å². The van der Waals surface area contributed by atoms with Gasteiger partial charge in [-0.1, -0.05) is 0 Å². The molecule has 2 aliphatic rings. The summed E-state index contributed by atoms with van der Waals surface area (Å²) in [5.74, 6) is -1.94. The third-order valence-corrected chi connectivity index (χ3v) is 4.04. The quantitative estimate of drug-likeness (QED) is 0.793. The number of aromatic hydroxyl groups is 1. The highest BCUT2D eigenvalue weighted by atomic mass is 16.6. The third-order valence-electron chi connectivity index (χ3n) is 4.04. The minimum Gasteiger partial charge on any atom is -0.507 e. The number of hydrogen-bond donors (Lipinski definition) is 2. The maximum atomic E-state index is 12.3. The summed E-state index contributed by atoms with van der Waals surface area (Å²) in [5.41, 5.74) is 0.809. The number of benzene rings is 1. The second-order valence-corrected chi connectivity index (χ2v) is 5.85. The summed E-state index contributed by atoms with van der Waals surface area (Å²) in [5, 5.41) is 19.5. The van der Waals surface area contributed by atoms with E-state index in [9.17, 15) is 14.7 Å². The first kappa shape index (κ1) is 14.2. The minimum atomic E-state index is -1.33. The average molecular weight is 318 g/mol. The van der Waals surface area contributed by atoms with Crippen molar-refractivity contribution in [3.63, 3.8) is 0 Å². The molecule has 0 amide bonds. The maximum Gasteiger partial charge on any atom is 0.371 e. The highest BCUT2D eigenvalue weighted by Gasteiger charge is 2.29. The molecule has 2 N–H and O–H groups in total. The van der Waals surface area contributed by atoms with Crippen LogP contribution in [-0.2, 0) is 22.3 Å². The lowest BCUT2D eigenvalue weighted by atomic mass is 9.98. The Balaban J connectivity index is 1.94. The Kier molecular flexibility index (Phi) is 3.14. The highest BCUT2D eigenvalue weighted by molar-refractivity contribution is 5.91. The molecule has 3 heterocycles. The van der Waals surface area contributed by atoms with Gasteiger partial charge >= 0.3 is 5.97 Å². The topological polar surface area (TPSA) is 113 Å². The molecule has 2 unspecified atom stereocenters. The molecule has 0 radical (unpaired) electrons. The smallest absolute Gasteiger partial charge is 0.371 e. The van der Waals surface area contributed by atoms with E-state index in [1.54, 1.807) is 6.07 Å². The highest BCUT2D eigenvalue weighted by Crippen LogP contribution is 2.34. The van der Waals surface area contributed by atoms with E-state index >= 15 is 0 Å². The molecule has 2 saturated heterocycles. The van der Waals surface area contributed by atoms with Gasteiger partial charge in [-0.15, -0.1) is 0 Å². The predicted octanol–water partition coefficient (Wildman–Crippen LogP) is 1.08. The number of carbonyl (C=O) groups is 1. The average Bonchev–Trinajstić information content (AvgIpc) is 3.38. The largest absolute Gasteiger partial charge is 0.507 e. The van der Waals surface area contributed by atoms with Gasteiger partial charge in [0.2, 0.25) is 5.76 Å². The fourth-order valence-corrected chi connectivity index (χ4v) is 2.72. The number of hydrogen-bond acceptors (Lipinski definition) is 6. The first-order chi connectivity index (χ1) is 11.0. The molecule has 1 aromatic heterocycles. The summed E-state index contributed by atoms with van der Waals surface area (Å²) in [7, 11) is 0. The maximum absolute atomic E-state index is 12.3. The molecule has 120 valence electrons. The van der Waals surface area contributed by atoms with Crippen molar-refractivity contribution in [3.8, 4) is 5.75 Å². The van der Waals surface area contributed by atoms with E-state index in [0.717, 1.165) is 6.07 Å². The molecule has 4 rings (SSSR count). The van der Waals surface area contributed by atoms with Crippen molar-refractivity contribution in [3.05, 3.63) is 39.2 Å². The van der Waals surface area contributed by atoms with Gasteiger partial charge in [-0.2, -0.15) is 0 Å². The Labute approximate surface area is 130 Å². The van der Waals surface area contributed by atoms with Crippen LogP contribution in [0.4, 0.5) is 0 Å². The normalized spacial score (nSPS) is 22.3. The number of rotatable bonds is 5. The van der Waals surface area contributed by atoms with Gasteiger partial charge in [0.15, 0.2) is 5.43 Å². The van der Waals surface area contributed by atoms with Crippen molar-refractivity contribution in [2.24, 2.45) is 0 Å². The van der Waals surface area contributed by atoms with Crippen LogP contribution in [0.25, 0.3) is 11.0 Å². The van der Waals surface area contributed by atoms with Crippen LogP contribution in [0.5, 0.6) is 5.75 Å². The summed E-state index contributed by atoms with van der Waals surface area (Å²) in [6.07, 6.45) is 1.09. The van der Waals surface area contributed by atoms with Crippen LogP contribution in [0, 0.1) is 0 Å². The van der Waals surface area contributed by atoms with E-state index in [4.69, 9.17) is 19.0 Å². The van der Waals surface area contributed by atoms with E-state index in [1.165, 1.54) is 0 Å². The monoisotopic (exact) mass is 318 g/mol. The van der Waals surface area contributed by atoms with Gasteiger partial charge in [-0.3, -0.25) is 4.79 Å². The lowest BCUT2D eigenvalue weighted by Gasteiger charge is -2.11. The van der Waals surface area contributed by atoms with Crippen LogP contribution in [-0.4, -0.2) is 41.6 Å². The zero-order valence-corrected chi connectivity index (χ0v) is 12.1. The molecule has 7 heteroatoms. The lowest BCUT2D eigenvalue weighted by molar-refractivity contribution is 0.0663. The first-order valence-electron chi connectivity index (χ1n) is 7.31. The number of epoxide rings is 2. The summed E-state index contributed by atoms with van der Waals surface area (Å²) < 4.78 is 15.8. The fraction of sp³-hybridized carbons (Fsp3) is 0.375. The van der Waals surface area contributed by atoms with Gasteiger partial charge in [-0.05, 0) is 17.2 Å². The molecule has 23 heavy (non-hydrogen) atoms. The van der Waals surface area contributed by atoms with Crippen LogP contribution >= 0.6 is 0 Å². The van der Waals surface area contributed by atoms with Crippen molar-refractivity contribution in [2.45, 2.75) is 25.0 Å². The number of phenolic OH excluding ortho intramolecular Hbond substituents is 1. The fourth-order valence-electron chi connectivity index (χ4n) is 2.72. The Morgan fingerprint density at radius 2 is 1.74 bits per heavy atom. The van der Waals surface area contributed by atoms with Crippen LogP contribution in [0.3, 0.4) is 0 Å². The molecule has 2 aliphatic heterocycles. The van der Waals surface area contributed by atoms with E-state index in [1.807, 2.05) is 0 Å². The second kappa shape index (κ2) is 5.07. The molecule has 2 aromatic rings. The SMILES string of the molecule is O=C(O)c1cc(=O)c2c(O)c(CC3CO3)cc(CC3CO3)c2o1. The van der Waals surface area contributed by atoms with Crippen LogP contribution < -0.4 is 5.43 Å². The number of carboxylic acids is 1. The predicted molar refractivity (Wildman–Crippen MR) is 78.0 cm³/mol. The van der Waals surface area contributed by atoms with Gasteiger partial charge in [0.1, 0.15) is 16.7 Å². The van der Waals surface area contributed by atoms with Gasteiger partial charge in [-0.25, -0.2) is 4.79 Å². The standard InChI is InChI=1S/C16H14O7/c17-11-4-12(16(19)20)23-15-8(3-10-6-22-10)1-7(2-9-5-21-9)14(18)13(11)15/h1,4,9-10,18H,2-3,5-6H2,(H,19,20). The van der Waals surface area contributed by atoms with E-state index < -0.39 is 17.2 Å². The number of fused-ring (bicyclic) bond motifs is 1. The lowest BCUT2D eigenvalue weighted by Crippen LogP contribution is -2.10. The van der Waals surface area contributed by atoms with Gasteiger partial charge in [0, 0.05) is 18.9 Å². The number of aromatic carboxylic acids is 1. The Morgan fingerprint density at radius 1 is 1.13 bits per heavy atom. The van der Waals surface area contributed by atoms with Crippen molar-refractivity contribution < 1.29 is 28.9 Å². The molecule has 1 aromatic carbocycles. The van der Waals surface area contributed by atoms with Crippen molar-refractivity contribution in [2.75, 3.05) is 13.2 Å². The van der Waals surface area contributed by atoms with E-state index in [2.05, 4.69) is 0 Å². The van der Waals surface area contributed by atoms with E-state index in [-0.39, 0.29) is 28.9 Å². The van der Waals surface area contributed by atoms with Crippen LogP contribution in [0.15, 0.2) is 21.3 Å². The summed E-state index contributed by atoms with van der Waals surface area (Å²) >= 11 is 0. The molecule has 2 fully saturated rings. The van der Waals surface area contributed by atoms with Crippen molar-refractivity contribution >= 4 is 16.9 Å². The van der Waals surface area contributed by atoms with Gasteiger partial charge in [0.05, 0.1) is 25.4 Å². The number of ether oxygens (including phenoxy) is 2. The summed E-state index contributed by atoms with van der Waals surface area (Å²) in [6, 6.07) is 2.63. The molecule has 7 nitrogen and oxygen atoms in total. The molecular formula is C16H14O7. The molecule has 0 spiro atoms. The van der Waals surface area contributed by atoms with Crippen molar-refractivity contribution in [1.29, 1.82) is 0 Å². The minimum absolute atomic E-state index is 0.0174. The van der Waals surface area contributed by atoms with Crippen molar-refractivity contribution in [1.82, 2.24) is 0 Å². The van der Waals surface area contributed by atoms with Crippen LogP contribution in [0.2, 0.25) is 0 Å². The Morgan fingerprint density at radius 3 is 2.30 bits per heavy atom. The second-order valence-electron chi connectivity index (χ2n) is 5.85. The summed E-state index contributed by atoms with van der Waals surface area (Å²) in [4.78, 5) is 23.4. The zero-order chi connectivity index (χ0) is 16.1. The summed E-state index contributed by atoms with van der Waals surface area (Å²) in [6.45, 7) is 1.25. The molecule has 0 aliphatic carbocycles. The Bertz CT molecular complexity index is 859. The van der Waals surface area contributed by atoms with Gasteiger partial charge < -0.3 is 24.1 Å². The van der Waals surface area contributed by atoms with Gasteiger partial charge in [0.25, 0.3) is 0 Å². The molecule has 0 bridgehead atoms. The first-order valence-corrected chi connectivity index (χ1v) is 7.31. The molecule has 2 atom stereocenters. The Hall–Kier alpha value is -2.38.